The Morgan fingerprint density at radius 2 is 1.50 bits per heavy atom. The number of H-pyrrole nitrogens is 1. The molecule has 3 aromatic rings. The first-order valence-electron chi connectivity index (χ1n) is 6.38. The number of aromatic nitrogens is 2. The highest BCUT2D eigenvalue weighted by atomic mass is 79.9. The Balaban J connectivity index is 1.97. The molecule has 0 amide bonds. The summed E-state index contributed by atoms with van der Waals surface area (Å²) < 4.78 is 0.708. The van der Waals surface area contributed by atoms with E-state index in [9.17, 15) is 0 Å². The Labute approximate surface area is 126 Å². The van der Waals surface area contributed by atoms with Gasteiger partial charge in [-0.15, -0.1) is 0 Å². The SMILES string of the molecule is NCc1[nH]c(Br)nc1-c1ccc(-c2ccccc2)cc1. The van der Waals surface area contributed by atoms with Crippen molar-refractivity contribution in [2.24, 2.45) is 5.73 Å². The molecule has 0 aliphatic heterocycles. The van der Waals surface area contributed by atoms with Crippen molar-refractivity contribution in [1.82, 2.24) is 9.97 Å². The number of hydrogen-bond donors (Lipinski definition) is 2. The van der Waals surface area contributed by atoms with Crippen molar-refractivity contribution in [3.63, 3.8) is 0 Å². The number of halogens is 1. The van der Waals surface area contributed by atoms with Crippen LogP contribution in [0.2, 0.25) is 0 Å². The number of aromatic amines is 1. The van der Waals surface area contributed by atoms with Crippen molar-refractivity contribution >= 4 is 15.9 Å². The van der Waals surface area contributed by atoms with Crippen LogP contribution in [0.4, 0.5) is 0 Å². The van der Waals surface area contributed by atoms with Crippen LogP contribution < -0.4 is 5.73 Å². The minimum absolute atomic E-state index is 0.439. The number of imidazole rings is 1. The second-order valence-corrected chi connectivity index (χ2v) is 5.25. The fraction of sp³-hybridized carbons (Fsp3) is 0.0625. The third-order valence-electron chi connectivity index (χ3n) is 3.22. The number of nitrogens with one attached hydrogen (secondary N) is 1. The molecular formula is C16H14BrN3. The lowest BCUT2D eigenvalue weighted by molar-refractivity contribution is 1.01. The highest BCUT2D eigenvalue weighted by molar-refractivity contribution is 9.10. The summed E-state index contributed by atoms with van der Waals surface area (Å²) in [6, 6.07) is 18.7. The van der Waals surface area contributed by atoms with Gasteiger partial charge in [0, 0.05) is 12.1 Å². The number of nitrogens with zero attached hydrogens (tertiary/aromatic N) is 1. The van der Waals surface area contributed by atoms with Crippen molar-refractivity contribution < 1.29 is 0 Å². The van der Waals surface area contributed by atoms with Gasteiger partial charge in [-0.2, -0.15) is 0 Å². The summed E-state index contributed by atoms with van der Waals surface area (Å²) in [5.41, 5.74) is 11.0. The first kappa shape index (κ1) is 13.1. The van der Waals surface area contributed by atoms with Crippen LogP contribution >= 0.6 is 15.9 Å². The van der Waals surface area contributed by atoms with Crippen molar-refractivity contribution in [1.29, 1.82) is 0 Å². The lowest BCUT2D eigenvalue weighted by atomic mass is 10.0. The first-order valence-corrected chi connectivity index (χ1v) is 7.17. The Morgan fingerprint density at radius 3 is 2.15 bits per heavy atom. The molecule has 0 spiro atoms. The van der Waals surface area contributed by atoms with Crippen molar-refractivity contribution in [2.75, 3.05) is 0 Å². The highest BCUT2D eigenvalue weighted by Crippen LogP contribution is 2.26. The predicted octanol–water partition coefficient (Wildman–Crippen LogP) is 3.96. The standard InChI is InChI=1S/C16H14BrN3/c17-16-19-14(10-18)15(20-16)13-8-6-12(7-9-13)11-4-2-1-3-5-11/h1-9H,10,18H2,(H,19,20). The maximum atomic E-state index is 5.73. The molecule has 0 fully saturated rings. The molecule has 0 saturated carbocycles. The molecule has 0 radical (unpaired) electrons. The largest absolute Gasteiger partial charge is 0.335 e. The van der Waals surface area contributed by atoms with Gasteiger partial charge in [-0.25, -0.2) is 4.98 Å². The molecule has 3 nitrogen and oxygen atoms in total. The molecule has 0 aliphatic carbocycles. The second kappa shape index (κ2) is 5.61. The van der Waals surface area contributed by atoms with Crippen molar-refractivity contribution in [3.05, 3.63) is 65.0 Å². The van der Waals surface area contributed by atoms with Gasteiger partial charge in [-0.1, -0.05) is 54.6 Å². The molecule has 0 bridgehead atoms. The molecule has 100 valence electrons. The minimum Gasteiger partial charge on any atom is -0.335 e. The monoisotopic (exact) mass is 327 g/mol. The third kappa shape index (κ3) is 2.53. The zero-order chi connectivity index (χ0) is 13.9. The van der Waals surface area contributed by atoms with Crippen LogP contribution in [0, 0.1) is 0 Å². The zero-order valence-corrected chi connectivity index (χ0v) is 12.4. The Hall–Kier alpha value is -1.91. The van der Waals surface area contributed by atoms with Crippen LogP contribution in [0.5, 0.6) is 0 Å². The summed E-state index contributed by atoms with van der Waals surface area (Å²) in [6.07, 6.45) is 0. The van der Waals surface area contributed by atoms with E-state index in [0.29, 0.717) is 11.3 Å². The summed E-state index contributed by atoms with van der Waals surface area (Å²) >= 11 is 3.35. The Morgan fingerprint density at radius 1 is 0.900 bits per heavy atom. The normalized spacial score (nSPS) is 10.7. The van der Waals surface area contributed by atoms with Gasteiger partial charge in [-0.3, -0.25) is 0 Å². The van der Waals surface area contributed by atoms with Crippen LogP contribution in [-0.4, -0.2) is 9.97 Å². The number of benzene rings is 2. The van der Waals surface area contributed by atoms with E-state index in [4.69, 9.17) is 5.73 Å². The fourth-order valence-electron chi connectivity index (χ4n) is 2.21. The molecule has 0 saturated heterocycles. The lowest BCUT2D eigenvalue weighted by Crippen LogP contribution is -1.98. The van der Waals surface area contributed by atoms with Crippen LogP contribution in [0.3, 0.4) is 0 Å². The molecule has 4 heteroatoms. The molecular weight excluding hydrogens is 314 g/mol. The topological polar surface area (TPSA) is 54.7 Å². The van der Waals surface area contributed by atoms with Crippen molar-refractivity contribution in [3.8, 4) is 22.4 Å². The van der Waals surface area contributed by atoms with Gasteiger partial charge in [0.15, 0.2) is 4.73 Å². The van der Waals surface area contributed by atoms with E-state index >= 15 is 0 Å². The maximum absolute atomic E-state index is 5.73. The highest BCUT2D eigenvalue weighted by Gasteiger charge is 2.09. The van der Waals surface area contributed by atoms with Gasteiger partial charge in [0.05, 0.1) is 11.4 Å². The molecule has 20 heavy (non-hydrogen) atoms. The predicted molar refractivity (Wildman–Crippen MR) is 85.1 cm³/mol. The van der Waals surface area contributed by atoms with Crippen molar-refractivity contribution in [2.45, 2.75) is 6.54 Å². The first-order chi connectivity index (χ1) is 9.78. The fourth-order valence-corrected chi connectivity index (χ4v) is 2.63. The Kier molecular flexibility index (Phi) is 3.67. The zero-order valence-electron chi connectivity index (χ0n) is 10.8. The van der Waals surface area contributed by atoms with Crippen LogP contribution in [0.1, 0.15) is 5.69 Å². The van der Waals surface area contributed by atoms with Gasteiger partial charge < -0.3 is 10.7 Å². The van der Waals surface area contributed by atoms with Gasteiger partial charge in [-0.05, 0) is 27.1 Å². The van der Waals surface area contributed by atoms with E-state index in [0.717, 1.165) is 17.0 Å². The smallest absolute Gasteiger partial charge is 0.175 e. The van der Waals surface area contributed by atoms with E-state index in [1.54, 1.807) is 0 Å². The van der Waals surface area contributed by atoms with Gasteiger partial charge >= 0.3 is 0 Å². The summed E-state index contributed by atoms with van der Waals surface area (Å²) in [4.78, 5) is 7.55. The van der Waals surface area contributed by atoms with Gasteiger partial charge in [0.25, 0.3) is 0 Å². The molecule has 0 unspecified atom stereocenters. The van der Waals surface area contributed by atoms with E-state index in [1.165, 1.54) is 11.1 Å². The quantitative estimate of drug-likeness (QED) is 0.764. The molecule has 1 aromatic heterocycles. The van der Waals surface area contributed by atoms with Gasteiger partial charge in [0.2, 0.25) is 0 Å². The molecule has 0 aliphatic rings. The van der Waals surface area contributed by atoms with E-state index in [2.05, 4.69) is 62.3 Å². The molecule has 2 aromatic carbocycles. The van der Waals surface area contributed by atoms with E-state index in [-0.39, 0.29) is 0 Å². The van der Waals surface area contributed by atoms with E-state index < -0.39 is 0 Å². The third-order valence-corrected chi connectivity index (χ3v) is 3.59. The Bertz CT molecular complexity index is 702. The lowest BCUT2D eigenvalue weighted by Gasteiger charge is -2.04. The summed E-state index contributed by atoms with van der Waals surface area (Å²) in [5, 5.41) is 0. The summed E-state index contributed by atoms with van der Waals surface area (Å²) in [7, 11) is 0. The van der Waals surface area contributed by atoms with Crippen LogP contribution in [-0.2, 0) is 6.54 Å². The number of nitrogens with two attached hydrogens (primary N) is 1. The molecule has 0 atom stereocenters. The number of rotatable bonds is 3. The average Bonchev–Trinajstić information content (AvgIpc) is 2.89. The summed E-state index contributed by atoms with van der Waals surface area (Å²) in [6.45, 7) is 0.439. The molecule has 3 rings (SSSR count). The van der Waals surface area contributed by atoms with Crippen LogP contribution in [0.15, 0.2) is 59.3 Å². The van der Waals surface area contributed by atoms with E-state index in [1.807, 2.05) is 18.2 Å². The minimum atomic E-state index is 0.439. The van der Waals surface area contributed by atoms with Gasteiger partial charge in [0.1, 0.15) is 0 Å². The second-order valence-electron chi connectivity index (χ2n) is 4.50. The number of hydrogen-bond acceptors (Lipinski definition) is 2. The molecule has 1 heterocycles. The molecule has 3 N–H and O–H groups in total. The average molecular weight is 328 g/mol. The summed E-state index contributed by atoms with van der Waals surface area (Å²) in [5.74, 6) is 0. The maximum Gasteiger partial charge on any atom is 0.175 e. The van der Waals surface area contributed by atoms with Crippen LogP contribution in [0.25, 0.3) is 22.4 Å².